The van der Waals surface area contributed by atoms with Gasteiger partial charge in [0.25, 0.3) is 0 Å². The van der Waals surface area contributed by atoms with Crippen molar-refractivity contribution in [1.29, 1.82) is 0 Å². The number of halogens is 4. The number of nitrogens with one attached hydrogen (secondary N) is 1. The first-order chi connectivity index (χ1) is 8.43. The van der Waals surface area contributed by atoms with Gasteiger partial charge in [-0.05, 0) is 25.0 Å². The van der Waals surface area contributed by atoms with Crippen molar-refractivity contribution in [3.05, 3.63) is 22.8 Å². The summed E-state index contributed by atoms with van der Waals surface area (Å²) in [6, 6.07) is 1.75. The molecule has 0 saturated carbocycles. The van der Waals surface area contributed by atoms with Gasteiger partial charge in [0.1, 0.15) is 11.0 Å². The Morgan fingerprint density at radius 1 is 1.33 bits per heavy atom. The fraction of sp³-hybridized carbons (Fsp3) is 0.545. The Kier molecular flexibility index (Phi) is 5.68. The van der Waals surface area contributed by atoms with Crippen LogP contribution in [0.5, 0.6) is 0 Å². The lowest BCUT2D eigenvalue weighted by Crippen LogP contribution is -2.09. The van der Waals surface area contributed by atoms with E-state index in [1.54, 1.807) is 7.11 Å². The van der Waals surface area contributed by atoms with E-state index in [4.69, 9.17) is 16.3 Å². The van der Waals surface area contributed by atoms with E-state index in [0.29, 0.717) is 13.2 Å². The Morgan fingerprint density at radius 2 is 2.06 bits per heavy atom. The molecule has 0 amide bonds. The third kappa shape index (κ3) is 5.10. The van der Waals surface area contributed by atoms with E-state index >= 15 is 0 Å². The topological polar surface area (TPSA) is 34.1 Å². The molecule has 7 heteroatoms. The molecule has 1 rings (SSSR count). The maximum atomic E-state index is 12.5. The highest BCUT2D eigenvalue weighted by Gasteiger charge is 2.31. The van der Waals surface area contributed by atoms with Crippen LogP contribution in [0.1, 0.15) is 18.4 Å². The Morgan fingerprint density at radius 3 is 2.67 bits per heavy atom. The third-order valence-corrected chi connectivity index (χ3v) is 2.40. The van der Waals surface area contributed by atoms with Gasteiger partial charge in [-0.1, -0.05) is 11.6 Å². The van der Waals surface area contributed by atoms with Crippen molar-refractivity contribution < 1.29 is 17.9 Å². The zero-order valence-corrected chi connectivity index (χ0v) is 10.6. The molecule has 102 valence electrons. The number of rotatable bonds is 6. The molecule has 0 saturated heterocycles. The summed E-state index contributed by atoms with van der Waals surface area (Å²) >= 11 is 5.55. The molecule has 0 atom stereocenters. The van der Waals surface area contributed by atoms with Crippen LogP contribution in [0.15, 0.2) is 12.1 Å². The zero-order valence-electron chi connectivity index (χ0n) is 9.85. The second kappa shape index (κ2) is 6.80. The molecule has 0 aliphatic carbocycles. The fourth-order valence-corrected chi connectivity index (χ4v) is 1.55. The van der Waals surface area contributed by atoms with Crippen molar-refractivity contribution in [2.45, 2.75) is 19.0 Å². The molecular weight excluding hydrogens is 269 g/mol. The lowest BCUT2D eigenvalue weighted by molar-refractivity contribution is -0.137. The van der Waals surface area contributed by atoms with E-state index in [1.165, 1.54) is 0 Å². The molecule has 0 bridgehead atoms. The van der Waals surface area contributed by atoms with Crippen LogP contribution in [0.2, 0.25) is 5.15 Å². The molecule has 1 aromatic heterocycles. The highest BCUT2D eigenvalue weighted by molar-refractivity contribution is 6.29. The molecular formula is C11H14ClF3N2O. The number of anilines is 1. The van der Waals surface area contributed by atoms with Crippen molar-refractivity contribution >= 4 is 17.4 Å². The third-order valence-electron chi connectivity index (χ3n) is 2.20. The highest BCUT2D eigenvalue weighted by atomic mass is 35.5. The van der Waals surface area contributed by atoms with Gasteiger partial charge in [-0.3, -0.25) is 0 Å². The largest absolute Gasteiger partial charge is 0.416 e. The molecule has 1 N–H and O–H groups in total. The summed E-state index contributed by atoms with van der Waals surface area (Å²) in [7, 11) is 1.60. The van der Waals surface area contributed by atoms with Crippen LogP contribution in [0.25, 0.3) is 0 Å². The van der Waals surface area contributed by atoms with Crippen LogP contribution in [-0.4, -0.2) is 25.2 Å². The van der Waals surface area contributed by atoms with E-state index < -0.39 is 11.7 Å². The van der Waals surface area contributed by atoms with Crippen molar-refractivity contribution in [3.8, 4) is 0 Å². The lowest BCUT2D eigenvalue weighted by Gasteiger charge is -2.10. The van der Waals surface area contributed by atoms with Gasteiger partial charge in [-0.2, -0.15) is 13.2 Å². The monoisotopic (exact) mass is 282 g/mol. The molecule has 0 unspecified atom stereocenters. The summed E-state index contributed by atoms with van der Waals surface area (Å²) in [6.07, 6.45) is -2.81. The molecule has 0 spiro atoms. The van der Waals surface area contributed by atoms with Gasteiger partial charge in [-0.15, -0.1) is 0 Å². The zero-order chi connectivity index (χ0) is 13.6. The standard InChI is InChI=1S/C11H14ClF3N2O/c1-18-5-3-2-4-16-10-7-8(11(13,14)15)6-9(12)17-10/h6-7H,2-5H2,1H3,(H,16,17). The number of pyridine rings is 1. The summed E-state index contributed by atoms with van der Waals surface area (Å²) in [6.45, 7) is 1.15. The predicted molar refractivity (Wildman–Crippen MR) is 63.8 cm³/mol. The first-order valence-electron chi connectivity index (χ1n) is 5.41. The number of alkyl halides is 3. The number of hydrogen-bond acceptors (Lipinski definition) is 3. The maximum absolute atomic E-state index is 12.5. The summed E-state index contributed by atoms with van der Waals surface area (Å²) in [4.78, 5) is 3.79. The molecule has 0 aliphatic rings. The van der Waals surface area contributed by atoms with Crippen LogP contribution >= 0.6 is 11.6 Å². The summed E-state index contributed by atoms with van der Waals surface area (Å²) in [5.41, 5.74) is -0.804. The van der Waals surface area contributed by atoms with Crippen molar-refractivity contribution in [3.63, 3.8) is 0 Å². The van der Waals surface area contributed by atoms with Gasteiger partial charge in [0.15, 0.2) is 0 Å². The van der Waals surface area contributed by atoms with Crippen LogP contribution in [0, 0.1) is 0 Å². The SMILES string of the molecule is COCCCCNc1cc(C(F)(F)F)cc(Cl)n1. The molecule has 1 aromatic rings. The number of aromatic nitrogens is 1. The molecule has 18 heavy (non-hydrogen) atoms. The first-order valence-corrected chi connectivity index (χ1v) is 5.79. The Balaban J connectivity index is 2.58. The number of ether oxygens (including phenoxy) is 1. The summed E-state index contributed by atoms with van der Waals surface area (Å²) in [5.74, 6) is 0.132. The number of unbranched alkanes of at least 4 members (excludes halogenated alkanes) is 1. The molecule has 0 radical (unpaired) electrons. The van der Waals surface area contributed by atoms with Crippen LogP contribution in [-0.2, 0) is 10.9 Å². The van der Waals surface area contributed by atoms with Gasteiger partial charge in [-0.25, -0.2) is 4.98 Å². The quantitative estimate of drug-likeness (QED) is 0.639. The average Bonchev–Trinajstić information content (AvgIpc) is 2.27. The van der Waals surface area contributed by atoms with Gasteiger partial charge >= 0.3 is 6.18 Å². The summed E-state index contributed by atoms with van der Waals surface area (Å²) < 4.78 is 42.4. The average molecular weight is 283 g/mol. The van der Waals surface area contributed by atoms with Crippen molar-refractivity contribution in [1.82, 2.24) is 4.98 Å². The van der Waals surface area contributed by atoms with Gasteiger partial charge < -0.3 is 10.1 Å². The minimum atomic E-state index is -4.42. The van der Waals surface area contributed by atoms with Crippen LogP contribution in [0.4, 0.5) is 19.0 Å². The predicted octanol–water partition coefficient (Wildman–Crippen LogP) is 3.59. The van der Waals surface area contributed by atoms with E-state index in [9.17, 15) is 13.2 Å². The minimum absolute atomic E-state index is 0.132. The van der Waals surface area contributed by atoms with Crippen molar-refractivity contribution in [2.75, 3.05) is 25.6 Å². The summed E-state index contributed by atoms with van der Waals surface area (Å²) in [5, 5.41) is 2.63. The second-order valence-electron chi connectivity index (χ2n) is 3.69. The number of hydrogen-bond donors (Lipinski definition) is 1. The molecule has 0 aromatic carbocycles. The second-order valence-corrected chi connectivity index (χ2v) is 4.08. The van der Waals surface area contributed by atoms with Crippen LogP contribution < -0.4 is 5.32 Å². The Bertz CT molecular complexity index is 385. The maximum Gasteiger partial charge on any atom is 0.416 e. The van der Waals surface area contributed by atoms with E-state index in [2.05, 4.69) is 10.3 Å². The highest BCUT2D eigenvalue weighted by Crippen LogP contribution is 2.31. The first kappa shape index (κ1) is 15.0. The number of nitrogens with zero attached hydrogens (tertiary/aromatic N) is 1. The molecule has 3 nitrogen and oxygen atoms in total. The molecule has 0 fully saturated rings. The van der Waals surface area contributed by atoms with Gasteiger partial charge in [0.2, 0.25) is 0 Å². The number of methoxy groups -OCH3 is 1. The van der Waals surface area contributed by atoms with Crippen LogP contribution in [0.3, 0.4) is 0 Å². The van der Waals surface area contributed by atoms with Gasteiger partial charge in [0, 0.05) is 20.3 Å². The molecule has 1 heterocycles. The Labute approximate surface area is 108 Å². The fourth-order valence-electron chi connectivity index (χ4n) is 1.34. The lowest BCUT2D eigenvalue weighted by atomic mass is 10.2. The van der Waals surface area contributed by atoms with E-state index in [1.807, 2.05) is 0 Å². The van der Waals surface area contributed by atoms with Crippen molar-refractivity contribution in [2.24, 2.45) is 0 Å². The molecule has 0 aliphatic heterocycles. The van der Waals surface area contributed by atoms with Gasteiger partial charge in [0.05, 0.1) is 5.56 Å². The minimum Gasteiger partial charge on any atom is -0.385 e. The normalized spacial score (nSPS) is 11.6. The van der Waals surface area contributed by atoms with E-state index in [0.717, 1.165) is 25.0 Å². The Hall–Kier alpha value is -1.01. The smallest absolute Gasteiger partial charge is 0.385 e. The van der Waals surface area contributed by atoms with E-state index in [-0.39, 0.29) is 11.0 Å².